The molecule has 0 aliphatic carbocycles. The largest absolute Gasteiger partial charge is 0.348 e. The molecular formula is C9H11ClN2OS. The van der Waals surface area contributed by atoms with Crippen LogP contribution in [0.3, 0.4) is 0 Å². The maximum Gasteiger partial charge on any atom is 0.263 e. The molecule has 1 amide bonds. The number of alkyl halides is 1. The lowest BCUT2D eigenvalue weighted by Gasteiger charge is -1.97. The molecule has 76 valence electrons. The Hall–Kier alpha value is -0.870. The molecule has 1 heterocycles. The zero-order valence-electron chi connectivity index (χ0n) is 7.79. The lowest BCUT2D eigenvalue weighted by molar-refractivity contribution is 0.0962. The Morgan fingerprint density at radius 1 is 1.71 bits per heavy atom. The molecule has 3 nitrogen and oxygen atoms in total. The average molecular weight is 231 g/mol. The van der Waals surface area contributed by atoms with Crippen LogP contribution in [0.1, 0.15) is 14.7 Å². The van der Waals surface area contributed by atoms with Gasteiger partial charge in [-0.3, -0.25) is 4.79 Å². The number of allylic oxidation sites excluding steroid dienone is 1. The third-order valence-electron chi connectivity index (χ3n) is 1.48. The molecule has 1 N–H and O–H groups in total. The highest BCUT2D eigenvalue weighted by molar-refractivity contribution is 7.13. The van der Waals surface area contributed by atoms with Crippen LogP contribution in [0.2, 0.25) is 0 Å². The summed E-state index contributed by atoms with van der Waals surface area (Å²) in [6.07, 6.45) is 5.19. The third-order valence-corrected chi connectivity index (χ3v) is 2.57. The van der Waals surface area contributed by atoms with Crippen molar-refractivity contribution in [2.24, 2.45) is 0 Å². The number of hydrogen-bond donors (Lipinski definition) is 1. The zero-order chi connectivity index (χ0) is 10.4. The van der Waals surface area contributed by atoms with Crippen molar-refractivity contribution in [3.63, 3.8) is 0 Å². The minimum Gasteiger partial charge on any atom is -0.348 e. The zero-order valence-corrected chi connectivity index (χ0v) is 9.36. The van der Waals surface area contributed by atoms with E-state index in [1.165, 1.54) is 11.3 Å². The van der Waals surface area contributed by atoms with Crippen LogP contribution in [-0.2, 0) is 0 Å². The highest BCUT2D eigenvalue weighted by Crippen LogP contribution is 2.10. The summed E-state index contributed by atoms with van der Waals surface area (Å²) in [5, 5.41) is 3.63. The Labute approximate surface area is 91.8 Å². The number of nitrogens with one attached hydrogen (secondary N) is 1. The van der Waals surface area contributed by atoms with E-state index in [1.807, 2.05) is 13.0 Å². The molecule has 0 fully saturated rings. The maximum atomic E-state index is 11.4. The first-order valence-corrected chi connectivity index (χ1v) is 5.50. The van der Waals surface area contributed by atoms with Crippen LogP contribution < -0.4 is 5.32 Å². The fraction of sp³-hybridized carbons (Fsp3) is 0.333. The molecule has 0 aliphatic heterocycles. The Kier molecular flexibility index (Phi) is 4.62. The predicted octanol–water partition coefficient (Wildman–Crippen LogP) is 1.98. The first-order valence-electron chi connectivity index (χ1n) is 4.15. The second-order valence-electron chi connectivity index (χ2n) is 2.58. The summed E-state index contributed by atoms with van der Waals surface area (Å²) < 4.78 is 0. The van der Waals surface area contributed by atoms with Gasteiger partial charge < -0.3 is 5.32 Å². The van der Waals surface area contributed by atoms with Crippen molar-refractivity contribution in [2.45, 2.75) is 6.92 Å². The molecule has 5 heteroatoms. The van der Waals surface area contributed by atoms with Crippen LogP contribution in [0.15, 0.2) is 18.3 Å². The molecular weight excluding hydrogens is 220 g/mol. The van der Waals surface area contributed by atoms with E-state index < -0.39 is 0 Å². The summed E-state index contributed by atoms with van der Waals surface area (Å²) in [5.41, 5.74) is 0. The molecule has 0 saturated heterocycles. The van der Waals surface area contributed by atoms with Gasteiger partial charge in [0.2, 0.25) is 0 Å². The van der Waals surface area contributed by atoms with Gasteiger partial charge >= 0.3 is 0 Å². The summed E-state index contributed by atoms with van der Waals surface area (Å²) in [6, 6.07) is 0. The first kappa shape index (κ1) is 11.2. The maximum absolute atomic E-state index is 11.4. The standard InChI is InChI=1S/C9H11ClN2OS/c1-7-12-6-8(14-7)9(13)11-5-3-2-4-10/h2-3,6H,4-5H2,1H3,(H,11,13)/b3-2+. The Morgan fingerprint density at radius 2 is 2.50 bits per heavy atom. The number of aryl methyl sites for hydroxylation is 1. The summed E-state index contributed by atoms with van der Waals surface area (Å²) in [7, 11) is 0. The second kappa shape index (κ2) is 5.78. The average Bonchev–Trinajstić information content (AvgIpc) is 2.59. The molecule has 0 atom stereocenters. The van der Waals surface area contributed by atoms with Crippen LogP contribution in [0.4, 0.5) is 0 Å². The smallest absolute Gasteiger partial charge is 0.263 e. The lowest BCUT2D eigenvalue weighted by Crippen LogP contribution is -2.22. The van der Waals surface area contributed by atoms with Gasteiger partial charge in [0, 0.05) is 12.4 Å². The van der Waals surface area contributed by atoms with Crippen LogP contribution in [0.5, 0.6) is 0 Å². The van der Waals surface area contributed by atoms with Crippen LogP contribution in [0.25, 0.3) is 0 Å². The molecule has 0 radical (unpaired) electrons. The Balaban J connectivity index is 2.39. The molecule has 0 aliphatic rings. The molecule has 1 rings (SSSR count). The highest BCUT2D eigenvalue weighted by atomic mass is 35.5. The van der Waals surface area contributed by atoms with Crippen molar-refractivity contribution in [2.75, 3.05) is 12.4 Å². The van der Waals surface area contributed by atoms with E-state index in [9.17, 15) is 4.79 Å². The number of nitrogens with zero attached hydrogens (tertiary/aromatic N) is 1. The predicted molar refractivity (Wildman–Crippen MR) is 59.0 cm³/mol. The highest BCUT2D eigenvalue weighted by Gasteiger charge is 2.06. The lowest BCUT2D eigenvalue weighted by atomic mass is 10.4. The normalized spacial score (nSPS) is 10.7. The van der Waals surface area contributed by atoms with E-state index in [1.54, 1.807) is 12.3 Å². The van der Waals surface area contributed by atoms with Crippen LogP contribution >= 0.6 is 22.9 Å². The summed E-state index contributed by atoms with van der Waals surface area (Å²) in [5.74, 6) is 0.380. The Bertz CT molecular complexity index is 335. The summed E-state index contributed by atoms with van der Waals surface area (Å²) in [6.45, 7) is 2.37. The van der Waals surface area contributed by atoms with Crippen LogP contribution in [-0.4, -0.2) is 23.3 Å². The minimum atomic E-state index is -0.0881. The van der Waals surface area contributed by atoms with Crippen molar-refractivity contribution in [1.82, 2.24) is 10.3 Å². The SMILES string of the molecule is Cc1ncc(C(=O)NC/C=C/CCl)s1. The van der Waals surface area contributed by atoms with Gasteiger partial charge in [-0.1, -0.05) is 12.2 Å². The number of thiazole rings is 1. The Morgan fingerprint density at radius 3 is 3.07 bits per heavy atom. The van der Waals surface area contributed by atoms with Crippen molar-refractivity contribution in [3.05, 3.63) is 28.2 Å². The molecule has 1 aromatic rings. The van der Waals surface area contributed by atoms with E-state index in [-0.39, 0.29) is 5.91 Å². The monoisotopic (exact) mass is 230 g/mol. The van der Waals surface area contributed by atoms with Gasteiger partial charge in [0.05, 0.1) is 11.2 Å². The van der Waals surface area contributed by atoms with E-state index in [4.69, 9.17) is 11.6 Å². The number of carbonyl (C=O) groups is 1. The van der Waals surface area contributed by atoms with Crippen molar-refractivity contribution >= 4 is 28.8 Å². The molecule has 0 aromatic carbocycles. The van der Waals surface area contributed by atoms with E-state index in [2.05, 4.69) is 10.3 Å². The number of rotatable bonds is 4. The fourth-order valence-electron chi connectivity index (χ4n) is 0.851. The quantitative estimate of drug-likeness (QED) is 0.635. The van der Waals surface area contributed by atoms with Gasteiger partial charge in [-0.15, -0.1) is 22.9 Å². The molecule has 0 spiro atoms. The molecule has 0 saturated carbocycles. The number of aromatic nitrogens is 1. The van der Waals surface area contributed by atoms with Gasteiger partial charge in [-0.25, -0.2) is 4.98 Å². The summed E-state index contributed by atoms with van der Waals surface area (Å²) in [4.78, 5) is 16.1. The number of halogens is 1. The third kappa shape index (κ3) is 3.47. The number of hydrogen-bond acceptors (Lipinski definition) is 3. The van der Waals surface area contributed by atoms with Crippen LogP contribution in [0, 0.1) is 6.92 Å². The molecule has 1 aromatic heterocycles. The first-order chi connectivity index (χ1) is 6.74. The minimum absolute atomic E-state index is 0.0881. The molecule has 0 unspecified atom stereocenters. The van der Waals surface area contributed by atoms with Gasteiger partial charge in [0.1, 0.15) is 4.88 Å². The topological polar surface area (TPSA) is 42.0 Å². The van der Waals surface area contributed by atoms with Crippen molar-refractivity contribution in [1.29, 1.82) is 0 Å². The van der Waals surface area contributed by atoms with Gasteiger partial charge in [0.25, 0.3) is 5.91 Å². The number of carbonyl (C=O) groups excluding carboxylic acids is 1. The van der Waals surface area contributed by atoms with Crippen molar-refractivity contribution < 1.29 is 4.79 Å². The van der Waals surface area contributed by atoms with Crippen molar-refractivity contribution in [3.8, 4) is 0 Å². The van der Waals surface area contributed by atoms with E-state index >= 15 is 0 Å². The second-order valence-corrected chi connectivity index (χ2v) is 4.12. The molecule has 14 heavy (non-hydrogen) atoms. The van der Waals surface area contributed by atoms with Gasteiger partial charge in [-0.2, -0.15) is 0 Å². The number of amides is 1. The summed E-state index contributed by atoms with van der Waals surface area (Å²) >= 11 is 6.82. The molecule has 0 bridgehead atoms. The fourth-order valence-corrected chi connectivity index (χ4v) is 1.67. The van der Waals surface area contributed by atoms with Gasteiger partial charge in [0.15, 0.2) is 0 Å². The van der Waals surface area contributed by atoms with E-state index in [0.29, 0.717) is 17.3 Å². The van der Waals surface area contributed by atoms with Gasteiger partial charge in [-0.05, 0) is 6.92 Å². The van der Waals surface area contributed by atoms with E-state index in [0.717, 1.165) is 5.01 Å².